The van der Waals surface area contributed by atoms with E-state index in [1.54, 1.807) is 13.0 Å². The molecule has 0 unspecified atom stereocenters. The highest BCUT2D eigenvalue weighted by Gasteiger charge is 2.04. The number of Topliss-reactive ketones (excluding diaryl/α,β-unsaturated/α-hetero) is 1. The number of ketones is 1. The van der Waals surface area contributed by atoms with Gasteiger partial charge < -0.3 is 5.73 Å². The number of benzene rings is 2. The number of hydrogen-bond acceptors (Lipinski definition) is 4. The van der Waals surface area contributed by atoms with E-state index < -0.39 is 0 Å². The zero-order valence-corrected chi connectivity index (χ0v) is 15.0. The Kier molecular flexibility index (Phi) is 5.16. The third kappa shape index (κ3) is 4.17. The van der Waals surface area contributed by atoms with Gasteiger partial charge in [0.25, 0.3) is 0 Å². The first kappa shape index (κ1) is 17.2. The highest BCUT2D eigenvalue weighted by atomic mass is 32.1. The molecular weight excluding hydrogens is 304 g/mol. The largest absolute Gasteiger partial charge is 0.375 e. The number of fused-ring (bicyclic) bond motifs is 1. The van der Waals surface area contributed by atoms with Crippen LogP contribution in [-0.4, -0.2) is 10.8 Å². The molecule has 0 saturated carbocycles. The van der Waals surface area contributed by atoms with Crippen molar-refractivity contribution in [3.05, 3.63) is 58.1 Å². The van der Waals surface area contributed by atoms with Gasteiger partial charge in [-0.25, -0.2) is 4.98 Å². The normalized spacial score (nSPS) is 10.3. The number of nitrogens with zero attached hydrogens (tertiary/aromatic N) is 1. The molecule has 23 heavy (non-hydrogen) atoms. The Bertz CT molecular complexity index is 842. The van der Waals surface area contributed by atoms with Crippen LogP contribution >= 0.6 is 11.3 Å². The molecule has 3 aromatic rings. The SMILES string of the molecule is CC(=O)c1ccc2nc(N)sc2c1.Cc1cc(C)c(C)c(C)c1. The van der Waals surface area contributed by atoms with E-state index in [2.05, 4.69) is 44.8 Å². The molecule has 0 saturated heterocycles. The minimum absolute atomic E-state index is 0.0638. The van der Waals surface area contributed by atoms with E-state index in [0.717, 1.165) is 10.2 Å². The van der Waals surface area contributed by atoms with Crippen molar-refractivity contribution in [2.45, 2.75) is 34.6 Å². The van der Waals surface area contributed by atoms with Gasteiger partial charge in [-0.2, -0.15) is 0 Å². The predicted molar refractivity (Wildman–Crippen MR) is 99.4 cm³/mol. The van der Waals surface area contributed by atoms with Crippen LogP contribution in [0.3, 0.4) is 0 Å². The van der Waals surface area contributed by atoms with Crippen molar-refractivity contribution in [2.24, 2.45) is 0 Å². The number of carbonyl (C=O) groups is 1. The van der Waals surface area contributed by atoms with Gasteiger partial charge in [-0.05, 0) is 69.5 Å². The Hall–Kier alpha value is -2.20. The minimum atomic E-state index is 0.0638. The maximum absolute atomic E-state index is 11.0. The Morgan fingerprint density at radius 2 is 1.65 bits per heavy atom. The van der Waals surface area contributed by atoms with E-state index in [1.807, 2.05) is 12.1 Å². The summed E-state index contributed by atoms with van der Waals surface area (Å²) in [5, 5.41) is 0.538. The van der Waals surface area contributed by atoms with Crippen molar-refractivity contribution in [3.63, 3.8) is 0 Å². The molecule has 120 valence electrons. The predicted octanol–water partition coefficient (Wildman–Crippen LogP) is 5.00. The van der Waals surface area contributed by atoms with Crippen molar-refractivity contribution in [1.29, 1.82) is 0 Å². The number of thiazole rings is 1. The second kappa shape index (κ2) is 6.92. The fourth-order valence-electron chi connectivity index (χ4n) is 2.41. The third-order valence-electron chi connectivity index (χ3n) is 3.88. The summed E-state index contributed by atoms with van der Waals surface area (Å²) in [5.74, 6) is 0.0638. The molecule has 0 atom stereocenters. The zero-order valence-electron chi connectivity index (χ0n) is 14.2. The van der Waals surface area contributed by atoms with Gasteiger partial charge in [-0.3, -0.25) is 4.79 Å². The van der Waals surface area contributed by atoms with E-state index in [-0.39, 0.29) is 5.78 Å². The molecule has 3 nitrogen and oxygen atoms in total. The molecule has 3 rings (SSSR count). The van der Waals surface area contributed by atoms with Gasteiger partial charge in [0, 0.05) is 5.56 Å². The fourth-order valence-corrected chi connectivity index (χ4v) is 3.19. The van der Waals surface area contributed by atoms with Crippen molar-refractivity contribution in [2.75, 3.05) is 5.73 Å². The van der Waals surface area contributed by atoms with Crippen LogP contribution in [0.4, 0.5) is 5.13 Å². The molecule has 1 aromatic heterocycles. The van der Waals surface area contributed by atoms with Crippen LogP contribution in [0, 0.1) is 27.7 Å². The van der Waals surface area contributed by atoms with E-state index >= 15 is 0 Å². The van der Waals surface area contributed by atoms with Crippen LogP contribution in [0.25, 0.3) is 10.2 Å². The van der Waals surface area contributed by atoms with Gasteiger partial charge >= 0.3 is 0 Å². The molecule has 0 bridgehead atoms. The molecule has 0 aliphatic rings. The highest BCUT2D eigenvalue weighted by molar-refractivity contribution is 7.22. The Balaban J connectivity index is 0.000000174. The molecule has 2 N–H and O–H groups in total. The summed E-state index contributed by atoms with van der Waals surface area (Å²) in [5.41, 5.74) is 12.7. The lowest BCUT2D eigenvalue weighted by atomic mass is 10.0. The number of carbonyl (C=O) groups excluding carboxylic acids is 1. The molecule has 2 aromatic carbocycles. The van der Waals surface area contributed by atoms with E-state index in [0.29, 0.717) is 10.7 Å². The van der Waals surface area contributed by atoms with Crippen LogP contribution in [0.2, 0.25) is 0 Å². The number of anilines is 1. The lowest BCUT2D eigenvalue weighted by molar-refractivity contribution is 0.101. The smallest absolute Gasteiger partial charge is 0.181 e. The van der Waals surface area contributed by atoms with Gasteiger partial charge in [-0.15, -0.1) is 0 Å². The number of hydrogen-bond donors (Lipinski definition) is 1. The van der Waals surface area contributed by atoms with Gasteiger partial charge in [0.15, 0.2) is 10.9 Å². The number of nitrogens with two attached hydrogens (primary N) is 1. The fraction of sp³-hybridized carbons (Fsp3) is 0.263. The zero-order chi connectivity index (χ0) is 17.1. The Morgan fingerprint density at radius 3 is 2.22 bits per heavy atom. The van der Waals surface area contributed by atoms with Gasteiger partial charge in [-0.1, -0.05) is 29.0 Å². The van der Waals surface area contributed by atoms with Crippen LogP contribution in [-0.2, 0) is 0 Å². The Morgan fingerprint density at radius 1 is 1.04 bits per heavy atom. The van der Waals surface area contributed by atoms with Crippen LogP contribution < -0.4 is 5.73 Å². The first-order chi connectivity index (χ1) is 10.8. The number of rotatable bonds is 1. The van der Waals surface area contributed by atoms with Crippen LogP contribution in [0.15, 0.2) is 30.3 Å². The summed E-state index contributed by atoms with van der Waals surface area (Å²) in [6.07, 6.45) is 0. The molecule has 0 aliphatic heterocycles. The average Bonchev–Trinajstić information content (AvgIpc) is 2.84. The second-order valence-electron chi connectivity index (χ2n) is 5.81. The number of aromatic nitrogens is 1. The molecule has 0 radical (unpaired) electrons. The molecule has 0 aliphatic carbocycles. The van der Waals surface area contributed by atoms with Crippen LogP contribution in [0.1, 0.15) is 39.5 Å². The van der Waals surface area contributed by atoms with Crippen LogP contribution in [0.5, 0.6) is 0 Å². The first-order valence-electron chi connectivity index (χ1n) is 7.49. The quantitative estimate of drug-likeness (QED) is 0.640. The van der Waals surface area contributed by atoms with Crippen molar-refractivity contribution in [3.8, 4) is 0 Å². The molecule has 0 amide bonds. The maximum Gasteiger partial charge on any atom is 0.181 e. The molecule has 1 heterocycles. The van der Waals surface area contributed by atoms with Crippen molar-refractivity contribution in [1.82, 2.24) is 4.98 Å². The lowest BCUT2D eigenvalue weighted by Crippen LogP contribution is -1.89. The van der Waals surface area contributed by atoms with E-state index in [4.69, 9.17) is 5.73 Å². The molecule has 0 fully saturated rings. The summed E-state index contributed by atoms with van der Waals surface area (Å²) in [6, 6.07) is 9.86. The van der Waals surface area contributed by atoms with Gasteiger partial charge in [0.2, 0.25) is 0 Å². The Labute approximate surface area is 141 Å². The third-order valence-corrected chi connectivity index (χ3v) is 4.73. The van der Waals surface area contributed by atoms with Crippen molar-refractivity contribution < 1.29 is 4.79 Å². The topological polar surface area (TPSA) is 56.0 Å². The minimum Gasteiger partial charge on any atom is -0.375 e. The van der Waals surface area contributed by atoms with E-state index in [9.17, 15) is 4.79 Å². The molecular formula is C19H22N2OS. The summed E-state index contributed by atoms with van der Waals surface area (Å²) >= 11 is 1.40. The van der Waals surface area contributed by atoms with E-state index in [1.165, 1.54) is 33.6 Å². The van der Waals surface area contributed by atoms with Crippen molar-refractivity contribution >= 4 is 32.5 Å². The van der Waals surface area contributed by atoms with Gasteiger partial charge in [0.05, 0.1) is 10.2 Å². The monoisotopic (exact) mass is 326 g/mol. The first-order valence-corrected chi connectivity index (χ1v) is 8.31. The maximum atomic E-state index is 11.0. The molecule has 4 heteroatoms. The summed E-state index contributed by atoms with van der Waals surface area (Å²) < 4.78 is 0.963. The summed E-state index contributed by atoms with van der Waals surface area (Å²) in [4.78, 5) is 15.1. The molecule has 0 spiro atoms. The lowest BCUT2D eigenvalue weighted by Gasteiger charge is -2.04. The summed E-state index contributed by atoms with van der Waals surface area (Å²) in [7, 11) is 0. The number of nitrogen functional groups attached to an aromatic ring is 1. The summed E-state index contributed by atoms with van der Waals surface area (Å²) in [6.45, 7) is 10.2. The average molecular weight is 326 g/mol. The standard InChI is InChI=1S/C10H14.C9H8N2OS/c1-7-5-8(2)10(4)9(3)6-7;1-5(12)6-2-3-7-8(4-6)13-9(10)11-7/h5-6H,1-4H3;2-4H,1H3,(H2,10,11). The van der Waals surface area contributed by atoms with Gasteiger partial charge in [0.1, 0.15) is 0 Å². The highest BCUT2D eigenvalue weighted by Crippen LogP contribution is 2.24. The second-order valence-corrected chi connectivity index (χ2v) is 6.88. The number of aryl methyl sites for hydroxylation is 3.